The molecule has 0 aromatic carbocycles. The summed E-state index contributed by atoms with van der Waals surface area (Å²) in [5, 5.41) is 0. The van der Waals surface area contributed by atoms with E-state index in [9.17, 15) is 14.4 Å². The van der Waals surface area contributed by atoms with E-state index >= 15 is 0 Å². The van der Waals surface area contributed by atoms with Crippen molar-refractivity contribution < 1.29 is 28.6 Å². The second-order valence-electron chi connectivity index (χ2n) is 19.2. The first-order chi connectivity index (χ1) is 36.0. The van der Waals surface area contributed by atoms with Crippen LogP contribution < -0.4 is 0 Å². The molecule has 0 rings (SSSR count). The Bertz CT molecular complexity index is 1580. The quantitative estimate of drug-likeness (QED) is 0.0261. The second-order valence-corrected chi connectivity index (χ2v) is 19.2. The number of carbonyl (C=O) groups is 3. The number of hydrogen-bond acceptors (Lipinski definition) is 6. The molecule has 0 aromatic heterocycles. The Morgan fingerprint density at radius 3 is 0.932 bits per heavy atom. The van der Waals surface area contributed by atoms with Gasteiger partial charge >= 0.3 is 17.9 Å². The van der Waals surface area contributed by atoms with Crippen LogP contribution in [0.5, 0.6) is 0 Å². The highest BCUT2D eigenvalue weighted by Gasteiger charge is 2.19. The summed E-state index contributed by atoms with van der Waals surface area (Å²) in [6, 6.07) is 0. The molecule has 0 bridgehead atoms. The van der Waals surface area contributed by atoms with Crippen LogP contribution in [0.25, 0.3) is 0 Å². The van der Waals surface area contributed by atoms with Gasteiger partial charge < -0.3 is 14.2 Å². The SMILES string of the molecule is CC/C=C\C/C=C\C/C=C\C/C=C\C/C=C\CC(=O)OC(COC(=O)CCCC/C=C\C/C=C\C/C=C\C/C=C\CC)COC(=O)CCCCCCCCCCCCCCC/C=C\C/C=C\CCCCCCC. The van der Waals surface area contributed by atoms with Crippen LogP contribution in [0.15, 0.2) is 134 Å². The van der Waals surface area contributed by atoms with Crippen molar-refractivity contribution in [1.29, 1.82) is 0 Å². The average Bonchev–Trinajstić information content (AvgIpc) is 3.39. The van der Waals surface area contributed by atoms with Crippen molar-refractivity contribution in [3.8, 4) is 0 Å². The lowest BCUT2D eigenvalue weighted by atomic mass is 10.0. The van der Waals surface area contributed by atoms with Gasteiger partial charge in [0, 0.05) is 12.8 Å². The highest BCUT2D eigenvalue weighted by Crippen LogP contribution is 2.15. The van der Waals surface area contributed by atoms with Crippen molar-refractivity contribution in [3.05, 3.63) is 134 Å². The molecular formula is C67H108O6. The zero-order chi connectivity index (χ0) is 52.9. The lowest BCUT2D eigenvalue weighted by Crippen LogP contribution is -2.30. The standard InChI is InChI=1S/C67H108O6/c1-4-7-10-13-16-19-22-25-28-29-30-31-32-33-34-35-36-37-40-42-45-48-51-54-57-60-66(69)72-63-64(73-67(70)61-58-55-52-49-46-43-39-27-24-21-18-15-12-9-6-3)62-71-65(68)59-56-53-50-47-44-41-38-26-23-20-17-14-11-8-5-2/h8-9,11-12,17-18,20-22,25-27,29-30,38-39,44,46-47,49,55,58,64H,4-7,10,13-16,19,23-24,28,31-37,40-43,45,48,50-54,56-57,59-63H2,1-3H3/b11-8-,12-9-,20-17-,21-18-,25-22-,30-29-,38-26-,39-27-,47-44-,49-46-,58-55-. The van der Waals surface area contributed by atoms with Crippen LogP contribution in [0.1, 0.15) is 252 Å². The van der Waals surface area contributed by atoms with E-state index in [1.807, 2.05) is 6.08 Å². The van der Waals surface area contributed by atoms with Crippen LogP contribution in [0.3, 0.4) is 0 Å². The van der Waals surface area contributed by atoms with E-state index in [1.54, 1.807) is 6.08 Å². The van der Waals surface area contributed by atoms with Crippen molar-refractivity contribution in [2.24, 2.45) is 0 Å². The molecule has 0 saturated carbocycles. The van der Waals surface area contributed by atoms with E-state index in [0.717, 1.165) is 89.9 Å². The van der Waals surface area contributed by atoms with Gasteiger partial charge in [-0.15, -0.1) is 0 Å². The highest BCUT2D eigenvalue weighted by molar-refractivity contribution is 5.72. The van der Waals surface area contributed by atoms with Crippen molar-refractivity contribution in [3.63, 3.8) is 0 Å². The van der Waals surface area contributed by atoms with Gasteiger partial charge in [-0.1, -0.05) is 251 Å². The Balaban J connectivity index is 4.44. The predicted octanol–water partition coefficient (Wildman–Crippen LogP) is 20.2. The van der Waals surface area contributed by atoms with Gasteiger partial charge in [0.2, 0.25) is 0 Å². The van der Waals surface area contributed by atoms with Gasteiger partial charge in [-0.3, -0.25) is 14.4 Å². The third kappa shape index (κ3) is 58.3. The summed E-state index contributed by atoms with van der Waals surface area (Å²) in [6.07, 6.45) is 84.9. The molecular weight excluding hydrogens is 901 g/mol. The minimum Gasteiger partial charge on any atom is -0.462 e. The molecule has 412 valence electrons. The number of unbranched alkanes of at least 4 members (excludes halogenated alkanes) is 20. The zero-order valence-electron chi connectivity index (χ0n) is 47.1. The molecule has 1 atom stereocenters. The summed E-state index contributed by atoms with van der Waals surface area (Å²) >= 11 is 0. The summed E-state index contributed by atoms with van der Waals surface area (Å²) < 4.78 is 16.7. The van der Waals surface area contributed by atoms with Gasteiger partial charge in [0.1, 0.15) is 13.2 Å². The Labute approximate surface area is 449 Å². The number of esters is 3. The molecule has 0 fully saturated rings. The molecule has 73 heavy (non-hydrogen) atoms. The fraction of sp³-hybridized carbons (Fsp3) is 0.627. The largest absolute Gasteiger partial charge is 0.462 e. The predicted molar refractivity (Wildman–Crippen MR) is 316 cm³/mol. The van der Waals surface area contributed by atoms with E-state index in [2.05, 4.69) is 142 Å². The van der Waals surface area contributed by atoms with Crippen molar-refractivity contribution in [1.82, 2.24) is 0 Å². The second kappa shape index (κ2) is 60.1. The van der Waals surface area contributed by atoms with Crippen LogP contribution in [0.2, 0.25) is 0 Å². The van der Waals surface area contributed by atoms with Gasteiger partial charge in [0.15, 0.2) is 6.10 Å². The van der Waals surface area contributed by atoms with E-state index in [4.69, 9.17) is 14.2 Å². The minimum atomic E-state index is -0.855. The van der Waals surface area contributed by atoms with Gasteiger partial charge in [-0.2, -0.15) is 0 Å². The maximum atomic E-state index is 12.8. The van der Waals surface area contributed by atoms with Crippen molar-refractivity contribution in [2.75, 3.05) is 13.2 Å². The molecule has 1 unspecified atom stereocenters. The third-order valence-electron chi connectivity index (χ3n) is 12.2. The lowest BCUT2D eigenvalue weighted by Gasteiger charge is -2.18. The van der Waals surface area contributed by atoms with Gasteiger partial charge in [-0.05, 0) is 116 Å². The topological polar surface area (TPSA) is 78.9 Å². The molecule has 6 heteroatoms. The van der Waals surface area contributed by atoms with Crippen molar-refractivity contribution in [2.45, 2.75) is 258 Å². The number of carbonyl (C=O) groups excluding carboxylic acids is 3. The van der Waals surface area contributed by atoms with Crippen LogP contribution in [0, 0.1) is 0 Å². The smallest absolute Gasteiger partial charge is 0.310 e. The van der Waals surface area contributed by atoms with E-state index < -0.39 is 12.1 Å². The van der Waals surface area contributed by atoms with Crippen LogP contribution >= 0.6 is 0 Å². The molecule has 6 nitrogen and oxygen atoms in total. The molecule has 0 aliphatic rings. The third-order valence-corrected chi connectivity index (χ3v) is 12.2. The molecule has 0 heterocycles. The summed E-state index contributed by atoms with van der Waals surface area (Å²) in [4.78, 5) is 38.1. The van der Waals surface area contributed by atoms with E-state index in [-0.39, 0.29) is 38.0 Å². The maximum absolute atomic E-state index is 12.8. The number of rotatable bonds is 52. The number of allylic oxidation sites excluding steroid dienone is 21. The van der Waals surface area contributed by atoms with Gasteiger partial charge in [0.25, 0.3) is 0 Å². The maximum Gasteiger partial charge on any atom is 0.310 e. The van der Waals surface area contributed by atoms with Gasteiger partial charge in [-0.25, -0.2) is 0 Å². The summed E-state index contributed by atoms with van der Waals surface area (Å²) in [5.74, 6) is -1.11. The fourth-order valence-electron chi connectivity index (χ4n) is 7.77. The number of ether oxygens (including phenoxy) is 3. The molecule has 0 aliphatic heterocycles. The minimum absolute atomic E-state index is 0.0828. The molecule has 0 saturated heterocycles. The molecule has 0 N–H and O–H groups in total. The molecule has 0 radical (unpaired) electrons. The van der Waals surface area contributed by atoms with Crippen LogP contribution in [-0.2, 0) is 28.6 Å². The van der Waals surface area contributed by atoms with E-state index in [0.29, 0.717) is 19.3 Å². The first kappa shape index (κ1) is 68.6. The van der Waals surface area contributed by atoms with E-state index in [1.165, 1.54) is 109 Å². The molecule has 0 aromatic rings. The normalized spacial score (nSPS) is 13.1. The first-order valence-electron chi connectivity index (χ1n) is 29.7. The zero-order valence-corrected chi connectivity index (χ0v) is 47.1. The monoisotopic (exact) mass is 1010 g/mol. The summed E-state index contributed by atoms with van der Waals surface area (Å²) in [5.41, 5.74) is 0. The first-order valence-corrected chi connectivity index (χ1v) is 29.7. The van der Waals surface area contributed by atoms with Crippen molar-refractivity contribution >= 4 is 17.9 Å². The molecule has 0 spiro atoms. The Kier molecular flexibility index (Phi) is 56.4. The Hall–Kier alpha value is -4.45. The van der Waals surface area contributed by atoms with Crippen LogP contribution in [0.4, 0.5) is 0 Å². The lowest BCUT2D eigenvalue weighted by molar-refractivity contribution is -0.166. The average molecular weight is 1010 g/mol. The Morgan fingerprint density at radius 2 is 0.575 bits per heavy atom. The fourth-order valence-corrected chi connectivity index (χ4v) is 7.77. The molecule has 0 aliphatic carbocycles. The number of hydrogen-bond donors (Lipinski definition) is 0. The van der Waals surface area contributed by atoms with Crippen LogP contribution in [-0.4, -0.2) is 37.2 Å². The summed E-state index contributed by atoms with van der Waals surface area (Å²) in [7, 11) is 0. The van der Waals surface area contributed by atoms with Gasteiger partial charge in [0.05, 0.1) is 6.42 Å². The molecule has 0 amide bonds. The Morgan fingerprint density at radius 1 is 0.301 bits per heavy atom. The highest BCUT2D eigenvalue weighted by atomic mass is 16.6. The summed E-state index contributed by atoms with van der Waals surface area (Å²) in [6.45, 7) is 6.28.